The average Bonchev–Trinajstić information content (AvgIpc) is 2.28. The Morgan fingerprint density at radius 3 is 2.07 bits per heavy atom. The van der Waals surface area contributed by atoms with Gasteiger partial charge in [0.2, 0.25) is 0 Å². The smallest absolute Gasteiger partial charge is 0.141 e. The van der Waals surface area contributed by atoms with Crippen LogP contribution in [0.1, 0.15) is 39.5 Å². The van der Waals surface area contributed by atoms with Crippen LogP contribution in [0.2, 0.25) is 0 Å². The Bertz CT molecular complexity index is 206. The summed E-state index contributed by atoms with van der Waals surface area (Å²) in [5.41, 5.74) is 0. The molecule has 1 aliphatic heterocycles. The molecule has 0 N–H and O–H groups in total. The maximum absolute atomic E-state index is 12.0. The Morgan fingerprint density at radius 1 is 1.14 bits per heavy atom. The molecule has 14 heavy (non-hydrogen) atoms. The summed E-state index contributed by atoms with van der Waals surface area (Å²) in [6.07, 6.45) is 4.80. The summed E-state index contributed by atoms with van der Waals surface area (Å²) in [5, 5.41) is 0. The third kappa shape index (κ3) is 1.85. The quantitative estimate of drug-likeness (QED) is 0.638. The fourth-order valence-corrected chi connectivity index (χ4v) is 2.82. The molecule has 1 heterocycles. The Balaban J connectivity index is 2.10. The van der Waals surface area contributed by atoms with Crippen molar-refractivity contribution in [3.63, 3.8) is 0 Å². The summed E-state index contributed by atoms with van der Waals surface area (Å²) >= 11 is 0. The van der Waals surface area contributed by atoms with E-state index in [4.69, 9.17) is 0 Å². The zero-order valence-corrected chi connectivity index (χ0v) is 9.33. The van der Waals surface area contributed by atoms with Crippen LogP contribution in [-0.4, -0.2) is 29.8 Å². The van der Waals surface area contributed by atoms with Crippen molar-refractivity contribution in [3.8, 4) is 0 Å². The molecule has 2 atom stereocenters. The van der Waals surface area contributed by atoms with Crippen molar-refractivity contribution in [2.75, 3.05) is 13.1 Å². The molecule has 2 nitrogen and oxygen atoms in total. The molecule has 0 aromatic carbocycles. The molecule has 80 valence electrons. The van der Waals surface area contributed by atoms with Gasteiger partial charge in [0.25, 0.3) is 0 Å². The van der Waals surface area contributed by atoms with Gasteiger partial charge in [0.1, 0.15) is 5.78 Å². The highest BCUT2D eigenvalue weighted by atomic mass is 16.1. The molecule has 0 spiro atoms. The molecule has 1 saturated heterocycles. The van der Waals surface area contributed by atoms with Gasteiger partial charge in [-0.3, -0.25) is 9.69 Å². The maximum atomic E-state index is 12.0. The number of nitrogens with zero attached hydrogens (tertiary/aromatic N) is 1. The lowest BCUT2D eigenvalue weighted by Crippen LogP contribution is -2.48. The summed E-state index contributed by atoms with van der Waals surface area (Å²) in [4.78, 5) is 14.5. The first-order valence-electron chi connectivity index (χ1n) is 5.96. The summed E-state index contributed by atoms with van der Waals surface area (Å²) in [5.74, 6) is 1.29. The van der Waals surface area contributed by atoms with Crippen molar-refractivity contribution in [2.45, 2.75) is 45.6 Å². The topological polar surface area (TPSA) is 20.3 Å². The predicted molar refractivity (Wildman–Crippen MR) is 57.2 cm³/mol. The third-order valence-corrected chi connectivity index (χ3v) is 3.80. The monoisotopic (exact) mass is 195 g/mol. The molecule has 1 saturated carbocycles. The summed E-state index contributed by atoms with van der Waals surface area (Å²) in [6.45, 7) is 6.52. The molecule has 0 amide bonds. The number of piperidine rings is 1. The Kier molecular flexibility index (Phi) is 2.91. The minimum absolute atomic E-state index is 0.360. The van der Waals surface area contributed by atoms with Crippen molar-refractivity contribution in [1.29, 1.82) is 0 Å². The van der Waals surface area contributed by atoms with E-state index in [0.29, 0.717) is 23.7 Å². The van der Waals surface area contributed by atoms with E-state index in [1.165, 1.54) is 12.8 Å². The van der Waals surface area contributed by atoms with Gasteiger partial charge in [-0.15, -0.1) is 0 Å². The number of likely N-dealkylation sites (tertiary alicyclic amines) is 1. The zero-order valence-electron chi connectivity index (χ0n) is 9.33. The normalized spacial score (nSPS) is 34.6. The molecule has 1 aliphatic carbocycles. The van der Waals surface area contributed by atoms with Gasteiger partial charge in [-0.05, 0) is 26.7 Å². The van der Waals surface area contributed by atoms with Crippen LogP contribution in [-0.2, 0) is 4.79 Å². The molecule has 2 aliphatic rings. The fourth-order valence-electron chi connectivity index (χ4n) is 2.82. The van der Waals surface area contributed by atoms with Crippen LogP contribution < -0.4 is 0 Å². The number of carbonyl (C=O) groups is 1. The number of fused-ring (bicyclic) bond motifs is 2. The molecule has 2 heteroatoms. The van der Waals surface area contributed by atoms with Crippen molar-refractivity contribution < 1.29 is 4.79 Å². The Hall–Kier alpha value is -0.370. The number of hydrogen-bond acceptors (Lipinski definition) is 2. The summed E-state index contributed by atoms with van der Waals surface area (Å²) in [7, 11) is 0. The van der Waals surface area contributed by atoms with Crippen LogP contribution in [0.5, 0.6) is 0 Å². The van der Waals surface area contributed by atoms with Crippen molar-refractivity contribution >= 4 is 5.78 Å². The number of ketones is 1. The highest BCUT2D eigenvalue weighted by molar-refractivity contribution is 5.84. The first-order valence-corrected chi connectivity index (χ1v) is 5.96. The average molecular weight is 195 g/mol. The third-order valence-electron chi connectivity index (χ3n) is 3.80. The molecule has 0 aromatic heterocycles. The molecular weight excluding hydrogens is 174 g/mol. The minimum atomic E-state index is 0.360. The maximum Gasteiger partial charge on any atom is 0.141 e. The number of rotatable bonds is 1. The second kappa shape index (κ2) is 4.01. The number of Topliss-reactive ketones (excluding diaryl/α,β-unsaturated/α-hetero) is 1. The van der Waals surface area contributed by atoms with E-state index in [1.807, 2.05) is 0 Å². The van der Waals surface area contributed by atoms with E-state index in [2.05, 4.69) is 18.7 Å². The van der Waals surface area contributed by atoms with Crippen LogP contribution in [0.4, 0.5) is 0 Å². The minimum Gasteiger partial charge on any atom is -0.300 e. The van der Waals surface area contributed by atoms with Crippen LogP contribution in [0.25, 0.3) is 0 Å². The summed E-state index contributed by atoms with van der Waals surface area (Å²) in [6, 6.07) is 0.603. The van der Waals surface area contributed by atoms with Crippen LogP contribution in [0.3, 0.4) is 0 Å². The van der Waals surface area contributed by atoms with Crippen molar-refractivity contribution in [2.24, 2.45) is 11.8 Å². The standard InChI is InChI=1S/C12H21NO/c1-9(2)13-7-10-5-3-4-6-11(8-13)12(10)14/h9-11H,3-8H2,1-2H3. The first kappa shape index (κ1) is 10.2. The predicted octanol–water partition coefficient (Wildman–Crippen LogP) is 2.09. The van der Waals surface area contributed by atoms with Gasteiger partial charge in [0.15, 0.2) is 0 Å². The van der Waals surface area contributed by atoms with Crippen molar-refractivity contribution in [1.82, 2.24) is 4.90 Å². The van der Waals surface area contributed by atoms with E-state index in [-0.39, 0.29) is 0 Å². The van der Waals surface area contributed by atoms with Crippen molar-refractivity contribution in [3.05, 3.63) is 0 Å². The summed E-state index contributed by atoms with van der Waals surface area (Å²) < 4.78 is 0. The lowest BCUT2D eigenvalue weighted by Gasteiger charge is -2.37. The molecule has 0 aromatic rings. The first-order chi connectivity index (χ1) is 6.68. The van der Waals surface area contributed by atoms with Gasteiger partial charge in [-0.25, -0.2) is 0 Å². The highest BCUT2D eigenvalue weighted by Crippen LogP contribution is 2.30. The van der Waals surface area contributed by atoms with E-state index in [9.17, 15) is 4.79 Å². The lowest BCUT2D eigenvalue weighted by molar-refractivity contribution is -0.131. The molecule has 2 fully saturated rings. The molecule has 2 rings (SSSR count). The Morgan fingerprint density at radius 2 is 1.64 bits per heavy atom. The lowest BCUT2D eigenvalue weighted by atomic mass is 9.86. The van der Waals surface area contributed by atoms with Crippen LogP contribution in [0.15, 0.2) is 0 Å². The molecule has 2 unspecified atom stereocenters. The van der Waals surface area contributed by atoms with Gasteiger partial charge >= 0.3 is 0 Å². The number of hydrogen-bond donors (Lipinski definition) is 0. The van der Waals surface area contributed by atoms with E-state index < -0.39 is 0 Å². The molecule has 2 bridgehead atoms. The van der Waals surface area contributed by atoms with Crippen LogP contribution in [0, 0.1) is 11.8 Å². The van der Waals surface area contributed by atoms with E-state index in [1.54, 1.807) is 0 Å². The second-order valence-corrected chi connectivity index (χ2v) is 5.13. The largest absolute Gasteiger partial charge is 0.300 e. The van der Waals surface area contributed by atoms with Gasteiger partial charge in [-0.2, -0.15) is 0 Å². The Labute approximate surface area is 86.7 Å². The van der Waals surface area contributed by atoms with E-state index in [0.717, 1.165) is 25.9 Å². The van der Waals surface area contributed by atoms with Gasteiger partial charge in [0.05, 0.1) is 0 Å². The van der Waals surface area contributed by atoms with Gasteiger partial charge < -0.3 is 0 Å². The zero-order chi connectivity index (χ0) is 10.1. The molecule has 0 radical (unpaired) electrons. The molecular formula is C12H21NO. The van der Waals surface area contributed by atoms with Gasteiger partial charge in [0, 0.05) is 31.0 Å². The van der Waals surface area contributed by atoms with E-state index >= 15 is 0 Å². The fraction of sp³-hybridized carbons (Fsp3) is 0.917. The van der Waals surface area contributed by atoms with Crippen LogP contribution >= 0.6 is 0 Å². The highest BCUT2D eigenvalue weighted by Gasteiger charge is 2.36. The second-order valence-electron chi connectivity index (χ2n) is 5.13. The SMILES string of the molecule is CC(C)N1CC2CCCCC(C1)C2=O. The number of carbonyl (C=O) groups excluding carboxylic acids is 1. The van der Waals surface area contributed by atoms with Gasteiger partial charge in [-0.1, -0.05) is 12.8 Å².